The SMILES string of the molecule is CN(CC(=O)Nc1ccncc1)C(=O)c1ccc(Br)s1. The van der Waals surface area contributed by atoms with Gasteiger partial charge in [0.15, 0.2) is 0 Å². The minimum absolute atomic E-state index is 0.00330. The van der Waals surface area contributed by atoms with Crippen LogP contribution in [0.1, 0.15) is 9.67 Å². The smallest absolute Gasteiger partial charge is 0.264 e. The Kier molecular flexibility index (Phi) is 4.86. The average molecular weight is 354 g/mol. The Morgan fingerprint density at radius 2 is 2.00 bits per heavy atom. The van der Waals surface area contributed by atoms with E-state index in [1.807, 2.05) is 6.07 Å². The molecule has 104 valence electrons. The molecule has 1 N–H and O–H groups in total. The molecule has 0 spiro atoms. The van der Waals surface area contributed by atoms with Crippen LogP contribution in [0.5, 0.6) is 0 Å². The Morgan fingerprint density at radius 3 is 2.60 bits per heavy atom. The van der Waals surface area contributed by atoms with Gasteiger partial charge in [0.25, 0.3) is 5.91 Å². The van der Waals surface area contributed by atoms with Crippen LogP contribution in [0.25, 0.3) is 0 Å². The van der Waals surface area contributed by atoms with Crippen LogP contribution in [0.15, 0.2) is 40.4 Å². The summed E-state index contributed by atoms with van der Waals surface area (Å²) in [5.41, 5.74) is 0.657. The summed E-state index contributed by atoms with van der Waals surface area (Å²) in [7, 11) is 1.60. The quantitative estimate of drug-likeness (QED) is 0.918. The number of rotatable bonds is 4. The van der Waals surface area contributed by atoms with Gasteiger partial charge in [0.2, 0.25) is 5.91 Å². The minimum Gasteiger partial charge on any atom is -0.332 e. The summed E-state index contributed by atoms with van der Waals surface area (Å²) in [6.07, 6.45) is 3.18. The second-order valence-corrected chi connectivity index (χ2v) is 6.51. The van der Waals surface area contributed by atoms with Crippen molar-refractivity contribution in [2.75, 3.05) is 18.9 Å². The number of halogens is 1. The number of amides is 2. The summed E-state index contributed by atoms with van der Waals surface area (Å²) >= 11 is 4.65. The van der Waals surface area contributed by atoms with Gasteiger partial charge >= 0.3 is 0 Å². The lowest BCUT2D eigenvalue weighted by atomic mass is 10.3. The van der Waals surface area contributed by atoms with Gasteiger partial charge in [0.1, 0.15) is 0 Å². The third-order valence-electron chi connectivity index (χ3n) is 2.48. The molecule has 20 heavy (non-hydrogen) atoms. The van der Waals surface area contributed by atoms with E-state index in [0.29, 0.717) is 10.6 Å². The summed E-state index contributed by atoms with van der Waals surface area (Å²) < 4.78 is 0.885. The van der Waals surface area contributed by atoms with Crippen molar-refractivity contribution in [3.8, 4) is 0 Å². The molecule has 2 rings (SSSR count). The molecular weight excluding hydrogens is 342 g/mol. The van der Waals surface area contributed by atoms with Gasteiger partial charge in [-0.15, -0.1) is 11.3 Å². The fraction of sp³-hybridized carbons (Fsp3) is 0.154. The van der Waals surface area contributed by atoms with Crippen LogP contribution < -0.4 is 5.32 Å². The molecule has 0 radical (unpaired) electrons. The highest BCUT2D eigenvalue weighted by Crippen LogP contribution is 2.22. The summed E-state index contributed by atoms with van der Waals surface area (Å²) in [5.74, 6) is -0.423. The molecule has 0 aliphatic carbocycles. The van der Waals surface area contributed by atoms with Gasteiger partial charge in [-0.25, -0.2) is 0 Å². The summed E-state index contributed by atoms with van der Waals surface area (Å²) in [5, 5.41) is 2.71. The number of nitrogens with one attached hydrogen (secondary N) is 1. The number of carbonyl (C=O) groups is 2. The van der Waals surface area contributed by atoms with E-state index in [4.69, 9.17) is 0 Å². The lowest BCUT2D eigenvalue weighted by Gasteiger charge is -2.15. The van der Waals surface area contributed by atoms with Crippen LogP contribution in [0.4, 0.5) is 5.69 Å². The number of hydrogen-bond donors (Lipinski definition) is 1. The van der Waals surface area contributed by atoms with E-state index >= 15 is 0 Å². The molecule has 2 amide bonds. The highest BCUT2D eigenvalue weighted by Gasteiger charge is 2.16. The average Bonchev–Trinajstić information content (AvgIpc) is 2.85. The van der Waals surface area contributed by atoms with Crippen molar-refractivity contribution < 1.29 is 9.59 Å². The molecule has 0 aromatic carbocycles. The number of pyridine rings is 1. The highest BCUT2D eigenvalue weighted by atomic mass is 79.9. The number of likely N-dealkylation sites (N-methyl/N-ethyl adjacent to an activating group) is 1. The van der Waals surface area contributed by atoms with Gasteiger partial charge in [-0.3, -0.25) is 14.6 Å². The van der Waals surface area contributed by atoms with Crippen molar-refractivity contribution in [2.24, 2.45) is 0 Å². The molecule has 0 unspecified atom stereocenters. The predicted octanol–water partition coefficient (Wildman–Crippen LogP) is 2.62. The predicted molar refractivity (Wildman–Crippen MR) is 81.8 cm³/mol. The number of hydrogen-bond acceptors (Lipinski definition) is 4. The topological polar surface area (TPSA) is 62.3 Å². The first-order valence-corrected chi connectivity index (χ1v) is 7.38. The lowest BCUT2D eigenvalue weighted by molar-refractivity contribution is -0.116. The van der Waals surface area contributed by atoms with Gasteiger partial charge in [0, 0.05) is 25.1 Å². The van der Waals surface area contributed by atoms with E-state index in [-0.39, 0.29) is 18.4 Å². The van der Waals surface area contributed by atoms with Crippen molar-refractivity contribution in [3.63, 3.8) is 0 Å². The normalized spacial score (nSPS) is 10.1. The molecule has 5 nitrogen and oxygen atoms in total. The number of nitrogens with zero attached hydrogens (tertiary/aromatic N) is 2. The zero-order valence-electron chi connectivity index (χ0n) is 10.7. The molecule has 2 heterocycles. The van der Waals surface area contributed by atoms with Crippen LogP contribution in [0, 0.1) is 0 Å². The van der Waals surface area contributed by atoms with Gasteiger partial charge in [-0.05, 0) is 40.2 Å². The first-order valence-electron chi connectivity index (χ1n) is 5.77. The van der Waals surface area contributed by atoms with E-state index < -0.39 is 0 Å². The van der Waals surface area contributed by atoms with E-state index in [1.54, 1.807) is 37.6 Å². The molecule has 0 aliphatic rings. The third kappa shape index (κ3) is 3.88. The zero-order chi connectivity index (χ0) is 14.5. The van der Waals surface area contributed by atoms with Crippen LogP contribution >= 0.6 is 27.3 Å². The number of anilines is 1. The van der Waals surface area contributed by atoms with Crippen LogP contribution in [-0.4, -0.2) is 35.3 Å². The van der Waals surface area contributed by atoms with E-state index in [1.165, 1.54) is 16.2 Å². The largest absolute Gasteiger partial charge is 0.332 e. The first-order chi connectivity index (χ1) is 9.56. The number of aromatic nitrogens is 1. The maximum Gasteiger partial charge on any atom is 0.264 e. The summed E-state index contributed by atoms with van der Waals surface area (Å²) in [6, 6.07) is 6.92. The van der Waals surface area contributed by atoms with Crippen LogP contribution in [0.2, 0.25) is 0 Å². The van der Waals surface area contributed by atoms with Crippen molar-refractivity contribution in [1.29, 1.82) is 0 Å². The fourth-order valence-corrected chi connectivity index (χ4v) is 2.92. The van der Waals surface area contributed by atoms with Gasteiger partial charge in [0.05, 0.1) is 15.2 Å². The van der Waals surface area contributed by atoms with E-state index in [2.05, 4.69) is 26.2 Å². The Bertz CT molecular complexity index is 615. The first kappa shape index (κ1) is 14.7. The summed E-state index contributed by atoms with van der Waals surface area (Å²) in [6.45, 7) is -0.00330. The van der Waals surface area contributed by atoms with Crippen molar-refractivity contribution in [1.82, 2.24) is 9.88 Å². The number of carbonyl (C=O) groups excluding carboxylic acids is 2. The molecule has 0 fully saturated rings. The van der Waals surface area contributed by atoms with E-state index in [9.17, 15) is 9.59 Å². The standard InChI is InChI=1S/C13H12BrN3O2S/c1-17(13(19)10-2-3-11(14)20-10)8-12(18)16-9-4-6-15-7-5-9/h2-7H,8H2,1H3,(H,15,16,18). The van der Waals surface area contributed by atoms with Gasteiger partial charge in [-0.2, -0.15) is 0 Å². The van der Waals surface area contributed by atoms with E-state index in [0.717, 1.165) is 3.79 Å². The monoisotopic (exact) mass is 353 g/mol. The van der Waals surface area contributed by atoms with Crippen LogP contribution in [0.3, 0.4) is 0 Å². The second-order valence-electron chi connectivity index (χ2n) is 4.05. The molecule has 0 aliphatic heterocycles. The fourth-order valence-electron chi connectivity index (χ4n) is 1.54. The molecule has 0 saturated carbocycles. The molecule has 2 aromatic rings. The Hall–Kier alpha value is -1.73. The second kappa shape index (κ2) is 6.62. The minimum atomic E-state index is -0.248. The summed E-state index contributed by atoms with van der Waals surface area (Å²) in [4.78, 5) is 29.7. The maximum atomic E-state index is 12.1. The van der Waals surface area contributed by atoms with Gasteiger partial charge < -0.3 is 10.2 Å². The maximum absolute atomic E-state index is 12.1. The highest BCUT2D eigenvalue weighted by molar-refractivity contribution is 9.11. The third-order valence-corrected chi connectivity index (χ3v) is 4.09. The molecular formula is C13H12BrN3O2S. The van der Waals surface area contributed by atoms with Gasteiger partial charge in [-0.1, -0.05) is 0 Å². The Labute approximate surface area is 128 Å². The zero-order valence-corrected chi connectivity index (χ0v) is 13.1. The Morgan fingerprint density at radius 1 is 1.30 bits per heavy atom. The molecule has 0 bridgehead atoms. The lowest BCUT2D eigenvalue weighted by Crippen LogP contribution is -2.34. The van der Waals surface area contributed by atoms with Crippen molar-refractivity contribution >= 4 is 44.8 Å². The number of thiophene rings is 1. The molecule has 0 saturated heterocycles. The molecule has 2 aromatic heterocycles. The Balaban J connectivity index is 1.92. The molecule has 7 heteroatoms. The van der Waals surface area contributed by atoms with Crippen LogP contribution in [-0.2, 0) is 4.79 Å². The van der Waals surface area contributed by atoms with Crippen molar-refractivity contribution in [3.05, 3.63) is 45.3 Å². The molecule has 0 atom stereocenters. The van der Waals surface area contributed by atoms with Crippen molar-refractivity contribution in [2.45, 2.75) is 0 Å².